The molecule has 1 aromatic rings. The lowest BCUT2D eigenvalue weighted by Gasteiger charge is -2.18. The van der Waals surface area contributed by atoms with Crippen molar-refractivity contribution in [3.05, 3.63) is 18.2 Å². The Labute approximate surface area is 110 Å². The van der Waals surface area contributed by atoms with Crippen LogP contribution in [0.4, 0.5) is 5.69 Å². The second kappa shape index (κ2) is 5.17. The zero-order valence-corrected chi connectivity index (χ0v) is 10.8. The molecule has 1 amide bonds. The van der Waals surface area contributed by atoms with E-state index in [4.69, 9.17) is 14.6 Å². The van der Waals surface area contributed by atoms with E-state index in [0.717, 1.165) is 0 Å². The molecule has 2 rings (SSSR count). The Hall–Kier alpha value is -2.24. The first-order valence-corrected chi connectivity index (χ1v) is 5.81. The molecule has 1 N–H and O–H groups in total. The van der Waals surface area contributed by atoms with Crippen LogP contribution in [0.15, 0.2) is 18.2 Å². The fourth-order valence-electron chi connectivity index (χ4n) is 2.07. The summed E-state index contributed by atoms with van der Waals surface area (Å²) < 4.78 is 10.3. The van der Waals surface area contributed by atoms with Gasteiger partial charge in [0, 0.05) is 31.2 Å². The SMILES string of the molecule is COc1cc(OC)cc(N2CC(C(=O)O)CC2=O)c1. The van der Waals surface area contributed by atoms with E-state index in [9.17, 15) is 9.59 Å². The number of methoxy groups -OCH3 is 2. The lowest BCUT2D eigenvalue weighted by atomic mass is 10.1. The smallest absolute Gasteiger partial charge is 0.308 e. The highest BCUT2D eigenvalue weighted by atomic mass is 16.5. The Balaban J connectivity index is 2.31. The quantitative estimate of drug-likeness (QED) is 0.883. The summed E-state index contributed by atoms with van der Waals surface area (Å²) in [6.45, 7) is 0.171. The number of hydrogen-bond donors (Lipinski definition) is 1. The summed E-state index contributed by atoms with van der Waals surface area (Å²) in [5, 5.41) is 8.97. The first-order valence-electron chi connectivity index (χ1n) is 5.81. The third-order valence-electron chi connectivity index (χ3n) is 3.12. The Morgan fingerprint density at radius 1 is 1.26 bits per heavy atom. The van der Waals surface area contributed by atoms with Crippen LogP contribution in [0.25, 0.3) is 0 Å². The third-order valence-corrected chi connectivity index (χ3v) is 3.12. The number of nitrogens with zero attached hydrogens (tertiary/aromatic N) is 1. The number of ether oxygens (including phenoxy) is 2. The highest BCUT2D eigenvalue weighted by molar-refractivity contribution is 5.99. The Morgan fingerprint density at radius 2 is 1.84 bits per heavy atom. The van der Waals surface area contributed by atoms with E-state index < -0.39 is 11.9 Å². The van der Waals surface area contributed by atoms with Gasteiger partial charge in [-0.25, -0.2) is 0 Å². The fourth-order valence-corrected chi connectivity index (χ4v) is 2.07. The molecule has 6 heteroatoms. The van der Waals surface area contributed by atoms with E-state index in [1.165, 1.54) is 19.1 Å². The number of carbonyl (C=O) groups excluding carboxylic acids is 1. The summed E-state index contributed by atoms with van der Waals surface area (Å²) in [4.78, 5) is 24.3. The van der Waals surface area contributed by atoms with Crippen molar-refractivity contribution in [3.8, 4) is 11.5 Å². The summed E-state index contributed by atoms with van der Waals surface area (Å²) in [6, 6.07) is 5.06. The van der Waals surface area contributed by atoms with Crippen molar-refractivity contribution in [2.45, 2.75) is 6.42 Å². The highest BCUT2D eigenvalue weighted by Crippen LogP contribution is 2.32. The largest absolute Gasteiger partial charge is 0.497 e. The van der Waals surface area contributed by atoms with E-state index >= 15 is 0 Å². The molecule has 0 aliphatic carbocycles. The van der Waals surface area contributed by atoms with Crippen LogP contribution >= 0.6 is 0 Å². The molecule has 0 aromatic heterocycles. The van der Waals surface area contributed by atoms with Gasteiger partial charge in [-0.2, -0.15) is 0 Å². The fraction of sp³-hybridized carbons (Fsp3) is 0.385. The highest BCUT2D eigenvalue weighted by Gasteiger charge is 2.35. The van der Waals surface area contributed by atoms with Gasteiger partial charge >= 0.3 is 5.97 Å². The number of rotatable bonds is 4. The van der Waals surface area contributed by atoms with Crippen LogP contribution in [-0.4, -0.2) is 37.7 Å². The molecule has 1 atom stereocenters. The second-order valence-corrected chi connectivity index (χ2v) is 4.31. The minimum absolute atomic E-state index is 0.0227. The number of hydrogen-bond acceptors (Lipinski definition) is 4. The first kappa shape index (κ1) is 13.2. The van der Waals surface area contributed by atoms with E-state index in [2.05, 4.69) is 0 Å². The van der Waals surface area contributed by atoms with Crippen molar-refractivity contribution < 1.29 is 24.2 Å². The van der Waals surface area contributed by atoms with Crippen molar-refractivity contribution in [1.82, 2.24) is 0 Å². The molecule has 1 saturated heterocycles. The van der Waals surface area contributed by atoms with Crippen molar-refractivity contribution in [1.29, 1.82) is 0 Å². The van der Waals surface area contributed by atoms with Crippen LogP contribution in [0.1, 0.15) is 6.42 Å². The molecule has 1 fully saturated rings. The standard InChI is InChI=1S/C13H15NO5/c1-18-10-4-9(5-11(6-10)19-2)14-7-8(13(16)17)3-12(14)15/h4-6,8H,3,7H2,1-2H3,(H,16,17). The van der Waals surface area contributed by atoms with Gasteiger partial charge in [0.2, 0.25) is 5.91 Å². The van der Waals surface area contributed by atoms with Crippen molar-refractivity contribution in [2.75, 3.05) is 25.7 Å². The lowest BCUT2D eigenvalue weighted by Crippen LogP contribution is -2.25. The summed E-state index contributed by atoms with van der Waals surface area (Å²) in [7, 11) is 3.04. The van der Waals surface area contributed by atoms with Gasteiger partial charge in [-0.05, 0) is 0 Å². The number of carboxylic acid groups (broad SMARTS) is 1. The topological polar surface area (TPSA) is 76.1 Å². The predicted octanol–water partition coefficient (Wildman–Crippen LogP) is 1.14. The van der Waals surface area contributed by atoms with Gasteiger partial charge in [0.1, 0.15) is 11.5 Å². The second-order valence-electron chi connectivity index (χ2n) is 4.31. The summed E-state index contributed by atoms with van der Waals surface area (Å²) in [5.41, 5.74) is 0.588. The van der Waals surface area contributed by atoms with Gasteiger partial charge in [-0.15, -0.1) is 0 Å². The number of carboxylic acids is 1. The number of aliphatic carboxylic acids is 1. The molecule has 1 aliphatic rings. The van der Waals surface area contributed by atoms with Crippen molar-refractivity contribution in [3.63, 3.8) is 0 Å². The van der Waals surface area contributed by atoms with Gasteiger partial charge < -0.3 is 19.5 Å². The molecule has 1 aliphatic heterocycles. The van der Waals surface area contributed by atoms with Crippen molar-refractivity contribution >= 4 is 17.6 Å². The van der Waals surface area contributed by atoms with Crippen LogP contribution in [0.3, 0.4) is 0 Å². The predicted molar refractivity (Wildman–Crippen MR) is 67.6 cm³/mol. The molecule has 0 saturated carbocycles. The molecule has 19 heavy (non-hydrogen) atoms. The van der Waals surface area contributed by atoms with E-state index in [-0.39, 0.29) is 18.9 Å². The number of carbonyl (C=O) groups is 2. The van der Waals surface area contributed by atoms with Gasteiger partial charge in [-0.3, -0.25) is 9.59 Å². The zero-order valence-electron chi connectivity index (χ0n) is 10.8. The van der Waals surface area contributed by atoms with Gasteiger partial charge in [0.25, 0.3) is 0 Å². The van der Waals surface area contributed by atoms with Crippen LogP contribution in [0.2, 0.25) is 0 Å². The van der Waals surface area contributed by atoms with E-state index in [1.54, 1.807) is 18.2 Å². The van der Waals surface area contributed by atoms with E-state index in [0.29, 0.717) is 17.2 Å². The minimum Gasteiger partial charge on any atom is -0.497 e. The average Bonchev–Trinajstić information content (AvgIpc) is 2.80. The molecule has 1 heterocycles. The van der Waals surface area contributed by atoms with Crippen LogP contribution in [0.5, 0.6) is 11.5 Å². The third kappa shape index (κ3) is 2.62. The summed E-state index contributed by atoms with van der Waals surface area (Å²) in [6.07, 6.45) is 0.0227. The summed E-state index contributed by atoms with van der Waals surface area (Å²) >= 11 is 0. The molecule has 102 valence electrons. The van der Waals surface area contributed by atoms with Crippen LogP contribution in [0, 0.1) is 5.92 Å². The van der Waals surface area contributed by atoms with Crippen LogP contribution < -0.4 is 14.4 Å². The lowest BCUT2D eigenvalue weighted by molar-refractivity contribution is -0.141. The number of anilines is 1. The van der Waals surface area contributed by atoms with Crippen LogP contribution in [-0.2, 0) is 9.59 Å². The molecule has 0 bridgehead atoms. The number of amides is 1. The zero-order chi connectivity index (χ0) is 14.0. The first-order chi connectivity index (χ1) is 9.05. The minimum atomic E-state index is -0.953. The monoisotopic (exact) mass is 265 g/mol. The van der Waals surface area contributed by atoms with Crippen molar-refractivity contribution in [2.24, 2.45) is 5.92 Å². The maximum absolute atomic E-state index is 11.9. The molecule has 0 spiro atoms. The number of benzene rings is 1. The molecule has 1 aromatic carbocycles. The molecule has 6 nitrogen and oxygen atoms in total. The molecular formula is C13H15NO5. The maximum Gasteiger partial charge on any atom is 0.308 e. The van der Waals surface area contributed by atoms with Gasteiger partial charge in [-0.1, -0.05) is 0 Å². The molecular weight excluding hydrogens is 250 g/mol. The van der Waals surface area contributed by atoms with Gasteiger partial charge in [0.05, 0.1) is 25.8 Å². The molecule has 0 radical (unpaired) electrons. The Kier molecular flexibility index (Phi) is 3.59. The van der Waals surface area contributed by atoms with Gasteiger partial charge in [0.15, 0.2) is 0 Å². The Morgan fingerprint density at radius 3 is 2.26 bits per heavy atom. The van der Waals surface area contributed by atoms with E-state index in [1.807, 2.05) is 0 Å². The Bertz CT molecular complexity index is 492. The molecule has 1 unspecified atom stereocenters. The summed E-state index contributed by atoms with van der Waals surface area (Å²) in [5.74, 6) is -0.708. The average molecular weight is 265 g/mol. The normalized spacial score (nSPS) is 18.5. The maximum atomic E-state index is 11.9.